The Balaban J connectivity index is 0.00000218. The molecular formula is C18H26N8O4. The molecule has 0 bridgehead atoms. The number of rotatable bonds is 5. The lowest BCUT2D eigenvalue weighted by Gasteiger charge is -2.08. The van der Waals surface area contributed by atoms with E-state index in [0.29, 0.717) is 5.69 Å². The summed E-state index contributed by atoms with van der Waals surface area (Å²) < 4.78 is 0. The second-order valence-electron chi connectivity index (χ2n) is 5.56. The van der Waals surface area contributed by atoms with Gasteiger partial charge in [0.15, 0.2) is 11.8 Å². The Bertz CT molecular complexity index is 954. The third-order valence-electron chi connectivity index (χ3n) is 3.38. The van der Waals surface area contributed by atoms with Gasteiger partial charge in [-0.3, -0.25) is 19.9 Å². The molecule has 0 aliphatic carbocycles. The molecular weight excluding hydrogens is 392 g/mol. The van der Waals surface area contributed by atoms with Crippen LogP contribution in [-0.4, -0.2) is 46.1 Å². The summed E-state index contributed by atoms with van der Waals surface area (Å²) >= 11 is 0. The first-order valence-corrected chi connectivity index (χ1v) is 9.08. The van der Waals surface area contributed by atoms with E-state index in [0.717, 1.165) is 0 Å². The van der Waals surface area contributed by atoms with Gasteiger partial charge in [0.05, 0.1) is 6.54 Å². The second-order valence-corrected chi connectivity index (χ2v) is 5.56. The highest BCUT2D eigenvalue weighted by molar-refractivity contribution is 6.06. The average molecular weight is 418 g/mol. The maximum absolute atomic E-state index is 12.0. The number of benzene rings is 1. The minimum Gasteiger partial charge on any atom is -0.508 e. The van der Waals surface area contributed by atoms with Crippen LogP contribution in [0.25, 0.3) is 0 Å². The molecule has 0 saturated carbocycles. The Morgan fingerprint density at radius 2 is 1.87 bits per heavy atom. The highest BCUT2D eigenvalue weighted by Crippen LogP contribution is 2.13. The summed E-state index contributed by atoms with van der Waals surface area (Å²) in [4.78, 5) is 45.2. The summed E-state index contributed by atoms with van der Waals surface area (Å²) in [6, 6.07) is 5.48. The number of phenols is 1. The minimum absolute atomic E-state index is 0.0880. The van der Waals surface area contributed by atoms with Crippen LogP contribution < -0.4 is 33.0 Å². The molecule has 0 aliphatic heterocycles. The summed E-state index contributed by atoms with van der Waals surface area (Å²) in [6.07, 6.45) is 0. The van der Waals surface area contributed by atoms with Crippen LogP contribution in [0.5, 0.6) is 5.75 Å². The van der Waals surface area contributed by atoms with Gasteiger partial charge >= 0.3 is 6.03 Å². The zero-order valence-electron chi connectivity index (χ0n) is 16.9. The normalized spacial score (nSPS) is 10.4. The molecule has 0 spiro atoms. The van der Waals surface area contributed by atoms with E-state index < -0.39 is 17.5 Å². The van der Waals surface area contributed by atoms with E-state index in [1.165, 1.54) is 31.2 Å². The molecule has 162 valence electrons. The number of aryl methyl sites for hydroxylation is 1. The number of H-pyrrole nitrogens is 1. The first-order valence-electron chi connectivity index (χ1n) is 9.08. The molecule has 2 rings (SSSR count). The van der Waals surface area contributed by atoms with Crippen molar-refractivity contribution in [3.8, 4) is 5.75 Å². The van der Waals surface area contributed by atoms with Crippen LogP contribution >= 0.6 is 0 Å². The number of aromatic hydroxyl groups is 1. The second kappa shape index (κ2) is 11.7. The Morgan fingerprint density at radius 1 is 1.23 bits per heavy atom. The van der Waals surface area contributed by atoms with E-state index in [9.17, 15) is 19.5 Å². The van der Waals surface area contributed by atoms with Crippen LogP contribution in [-0.2, 0) is 0 Å². The number of phenolic OH excluding ortho intramolecular Hbond substituents is 1. The quantitative estimate of drug-likeness (QED) is 0.156. The zero-order valence-corrected chi connectivity index (χ0v) is 16.9. The number of guanidine groups is 1. The molecule has 0 atom stereocenters. The maximum Gasteiger partial charge on any atom is 0.319 e. The van der Waals surface area contributed by atoms with Gasteiger partial charge < -0.3 is 32.2 Å². The van der Waals surface area contributed by atoms with E-state index in [1.807, 2.05) is 13.8 Å². The van der Waals surface area contributed by atoms with E-state index in [2.05, 4.69) is 30.9 Å². The van der Waals surface area contributed by atoms with Crippen LogP contribution in [0.3, 0.4) is 0 Å². The van der Waals surface area contributed by atoms with Crippen LogP contribution in [0.2, 0.25) is 0 Å². The number of aliphatic imine (C=N–C) groups is 1. The predicted molar refractivity (Wildman–Crippen MR) is 114 cm³/mol. The SMILES string of the molecule is CC.Cc1nc(N)c(C(=O)NC(N)=NCCNC(=O)Nc2ccc(O)cc2)[nH]c1=O. The standard InChI is InChI=1S/C16H20N8O4.C2H6/c1-8-13(26)23-11(12(17)21-8)14(27)24-15(18)19-6-7-20-16(28)22-9-2-4-10(25)5-3-9;1-2/h2-5,25H,6-7H2,1H3,(H2,17,21)(H,23,26)(H2,20,22,28)(H3,18,19,24,27);1-2H3. The fourth-order valence-electron chi connectivity index (χ4n) is 2.01. The molecule has 0 aliphatic rings. The van der Waals surface area contributed by atoms with Crippen molar-refractivity contribution >= 4 is 29.4 Å². The summed E-state index contributed by atoms with van der Waals surface area (Å²) in [6.45, 7) is 5.69. The van der Waals surface area contributed by atoms with Crippen molar-refractivity contribution in [1.82, 2.24) is 20.6 Å². The third-order valence-corrected chi connectivity index (χ3v) is 3.38. The largest absolute Gasteiger partial charge is 0.508 e. The number of aromatic amines is 1. The van der Waals surface area contributed by atoms with Crippen LogP contribution in [0, 0.1) is 6.92 Å². The topological polar surface area (TPSA) is 201 Å². The number of anilines is 2. The van der Waals surface area contributed by atoms with Gasteiger partial charge in [0.1, 0.15) is 17.1 Å². The molecule has 30 heavy (non-hydrogen) atoms. The summed E-state index contributed by atoms with van der Waals surface area (Å²) in [7, 11) is 0. The molecule has 0 saturated heterocycles. The van der Waals surface area contributed by atoms with Crippen molar-refractivity contribution in [3.63, 3.8) is 0 Å². The van der Waals surface area contributed by atoms with Crippen LogP contribution in [0.1, 0.15) is 30.0 Å². The maximum atomic E-state index is 12.0. The number of carbonyl (C=O) groups is 2. The molecule has 0 unspecified atom stereocenters. The average Bonchev–Trinajstić information content (AvgIpc) is 2.71. The van der Waals surface area contributed by atoms with Crippen molar-refractivity contribution in [2.24, 2.45) is 10.7 Å². The van der Waals surface area contributed by atoms with Crippen molar-refractivity contribution < 1.29 is 14.7 Å². The lowest BCUT2D eigenvalue weighted by molar-refractivity contribution is 0.0972. The Kier molecular flexibility index (Phi) is 9.33. The fraction of sp³-hybridized carbons (Fsp3) is 0.278. The Morgan fingerprint density at radius 3 is 2.50 bits per heavy atom. The Labute approximate surface area is 172 Å². The molecule has 9 N–H and O–H groups in total. The first kappa shape index (κ1) is 23.9. The van der Waals surface area contributed by atoms with Crippen LogP contribution in [0.15, 0.2) is 34.1 Å². The van der Waals surface area contributed by atoms with Gasteiger partial charge in [-0.25, -0.2) is 9.78 Å². The number of carbonyl (C=O) groups excluding carboxylic acids is 2. The van der Waals surface area contributed by atoms with E-state index in [-0.39, 0.29) is 42.0 Å². The van der Waals surface area contributed by atoms with Gasteiger partial charge in [-0.05, 0) is 31.2 Å². The van der Waals surface area contributed by atoms with Gasteiger partial charge in [0, 0.05) is 12.2 Å². The first-order chi connectivity index (χ1) is 14.3. The lowest BCUT2D eigenvalue weighted by atomic mass is 10.3. The highest BCUT2D eigenvalue weighted by Gasteiger charge is 2.14. The number of nitrogens with one attached hydrogen (secondary N) is 4. The summed E-state index contributed by atoms with van der Waals surface area (Å²) in [5, 5.41) is 16.5. The van der Waals surface area contributed by atoms with E-state index in [1.54, 1.807) is 0 Å². The number of hydrogen-bond acceptors (Lipinski definition) is 7. The number of nitrogen functional groups attached to an aromatic ring is 1. The Hall–Kier alpha value is -4.09. The van der Waals surface area contributed by atoms with E-state index >= 15 is 0 Å². The van der Waals surface area contributed by atoms with Crippen molar-refractivity contribution in [2.75, 3.05) is 24.1 Å². The molecule has 3 amide bonds. The number of hydrogen-bond donors (Lipinski definition) is 7. The number of urea groups is 1. The molecule has 1 aromatic heterocycles. The van der Waals surface area contributed by atoms with Crippen molar-refractivity contribution in [3.05, 3.63) is 46.0 Å². The highest BCUT2D eigenvalue weighted by atomic mass is 16.3. The molecule has 12 heteroatoms. The van der Waals surface area contributed by atoms with Crippen molar-refractivity contribution in [1.29, 1.82) is 0 Å². The van der Waals surface area contributed by atoms with Gasteiger partial charge in [-0.2, -0.15) is 0 Å². The monoisotopic (exact) mass is 418 g/mol. The van der Waals surface area contributed by atoms with Gasteiger partial charge in [0.25, 0.3) is 11.5 Å². The molecule has 2 aromatic rings. The molecule has 1 heterocycles. The molecule has 0 radical (unpaired) electrons. The lowest BCUT2D eigenvalue weighted by Crippen LogP contribution is -2.39. The van der Waals surface area contributed by atoms with Gasteiger partial charge in [-0.15, -0.1) is 0 Å². The zero-order chi connectivity index (χ0) is 22.7. The van der Waals surface area contributed by atoms with Gasteiger partial charge in [-0.1, -0.05) is 13.8 Å². The van der Waals surface area contributed by atoms with Crippen LogP contribution in [0.4, 0.5) is 16.3 Å². The summed E-state index contributed by atoms with van der Waals surface area (Å²) in [5.74, 6) is -1.03. The van der Waals surface area contributed by atoms with Crippen molar-refractivity contribution in [2.45, 2.75) is 20.8 Å². The summed E-state index contributed by atoms with van der Waals surface area (Å²) in [5.41, 5.74) is 11.1. The minimum atomic E-state index is -0.763. The number of nitrogens with zero attached hydrogens (tertiary/aromatic N) is 2. The molecule has 1 aromatic carbocycles. The molecule has 12 nitrogen and oxygen atoms in total. The fourth-order valence-corrected chi connectivity index (χ4v) is 2.01. The number of amides is 3. The number of aromatic nitrogens is 2. The predicted octanol–water partition coefficient (Wildman–Crippen LogP) is 0.259. The van der Waals surface area contributed by atoms with Gasteiger partial charge in [0.2, 0.25) is 0 Å². The smallest absolute Gasteiger partial charge is 0.319 e. The van der Waals surface area contributed by atoms with E-state index in [4.69, 9.17) is 11.5 Å². The number of nitrogens with two attached hydrogens (primary N) is 2. The molecule has 0 fully saturated rings. The third kappa shape index (κ3) is 7.50.